The van der Waals surface area contributed by atoms with Crippen molar-refractivity contribution in [2.24, 2.45) is 0 Å². The van der Waals surface area contributed by atoms with Crippen LogP contribution < -0.4 is 4.57 Å². The summed E-state index contributed by atoms with van der Waals surface area (Å²) in [5, 5.41) is 0. The molecule has 28 heavy (non-hydrogen) atoms. The zero-order valence-electron chi connectivity index (χ0n) is 19.2. The second-order valence-corrected chi connectivity index (χ2v) is 11.0. The topological polar surface area (TPSA) is 3.88 Å². The van der Waals surface area contributed by atoms with Crippen LogP contribution in [0.15, 0.2) is 36.5 Å². The molecule has 2 heterocycles. The lowest BCUT2D eigenvalue weighted by Crippen LogP contribution is -2.68. The lowest BCUT2D eigenvalue weighted by Gasteiger charge is -2.48. The Hall–Kier alpha value is -1.63. The SMILES string of the molecule is CCC1(C)c2ccccc2-c2cc3c(c[n+]2C1(C)CC)C(C)(C)CCC3(C)C. The number of hydrogen-bond donors (Lipinski definition) is 0. The molecule has 2 aromatic rings. The maximum absolute atomic E-state index is 2.67. The first-order chi connectivity index (χ1) is 13.0. The Morgan fingerprint density at radius 1 is 0.786 bits per heavy atom. The average Bonchev–Trinajstić information content (AvgIpc) is 2.69. The Bertz CT molecular complexity index is 935. The Morgan fingerprint density at radius 2 is 1.39 bits per heavy atom. The molecule has 2 atom stereocenters. The molecule has 0 amide bonds. The van der Waals surface area contributed by atoms with Crippen LogP contribution >= 0.6 is 0 Å². The molecule has 4 rings (SSSR count). The molecule has 1 heteroatoms. The van der Waals surface area contributed by atoms with Crippen molar-refractivity contribution in [1.82, 2.24) is 0 Å². The molecule has 0 saturated heterocycles. The Labute approximate surface area is 172 Å². The van der Waals surface area contributed by atoms with Crippen LogP contribution in [0.4, 0.5) is 0 Å². The molecule has 0 spiro atoms. The van der Waals surface area contributed by atoms with Crippen molar-refractivity contribution in [1.29, 1.82) is 0 Å². The summed E-state index contributed by atoms with van der Waals surface area (Å²) in [5.74, 6) is 0. The van der Waals surface area contributed by atoms with E-state index in [1.807, 2.05) is 0 Å². The Morgan fingerprint density at radius 3 is 2.00 bits per heavy atom. The van der Waals surface area contributed by atoms with E-state index < -0.39 is 0 Å². The highest BCUT2D eigenvalue weighted by molar-refractivity contribution is 5.67. The van der Waals surface area contributed by atoms with Gasteiger partial charge in [0, 0.05) is 25.0 Å². The van der Waals surface area contributed by atoms with Crippen molar-refractivity contribution >= 4 is 0 Å². The molecular formula is C27H38N+. The third-order valence-electron chi connectivity index (χ3n) is 8.84. The van der Waals surface area contributed by atoms with Gasteiger partial charge in [0.05, 0.1) is 11.0 Å². The maximum atomic E-state index is 2.67. The van der Waals surface area contributed by atoms with Crippen LogP contribution in [-0.2, 0) is 21.8 Å². The summed E-state index contributed by atoms with van der Waals surface area (Å²) in [4.78, 5) is 0. The standard InChI is InChI=1S/C27H38N/c1-9-26(7)20-14-12-11-13-19(20)23-17-21-22(18-28(23)27(26,8)10-2)25(5,6)16-15-24(21,3)4/h11-14,17-18H,9-10,15-16H2,1-8H3/q+1. The van der Waals surface area contributed by atoms with Crippen LogP contribution in [0.5, 0.6) is 0 Å². The van der Waals surface area contributed by atoms with Crippen LogP contribution in [0.2, 0.25) is 0 Å². The van der Waals surface area contributed by atoms with Crippen LogP contribution in [0, 0.1) is 0 Å². The highest BCUT2D eigenvalue weighted by Crippen LogP contribution is 2.52. The minimum atomic E-state index is 0.0676. The lowest BCUT2D eigenvalue weighted by atomic mass is 9.59. The third kappa shape index (κ3) is 2.34. The molecule has 0 radical (unpaired) electrons. The molecule has 0 bridgehead atoms. The number of rotatable bonds is 2. The number of fused-ring (bicyclic) bond motifs is 4. The molecule has 2 unspecified atom stereocenters. The molecule has 0 saturated carbocycles. The lowest BCUT2D eigenvalue weighted by molar-refractivity contribution is -0.765. The van der Waals surface area contributed by atoms with E-state index in [0.717, 1.165) is 12.8 Å². The van der Waals surface area contributed by atoms with Gasteiger partial charge in [-0.15, -0.1) is 0 Å². The fourth-order valence-corrected chi connectivity index (χ4v) is 6.04. The maximum Gasteiger partial charge on any atom is 0.213 e. The number of hydrogen-bond acceptors (Lipinski definition) is 0. The van der Waals surface area contributed by atoms with Gasteiger partial charge in [0.2, 0.25) is 5.69 Å². The van der Waals surface area contributed by atoms with Crippen molar-refractivity contribution in [2.45, 2.75) is 103 Å². The summed E-state index contributed by atoms with van der Waals surface area (Å²) in [6.45, 7) is 19.4. The second-order valence-electron chi connectivity index (χ2n) is 11.0. The molecule has 0 N–H and O–H groups in total. The first kappa shape index (κ1) is 19.7. The highest BCUT2D eigenvalue weighted by atomic mass is 15.1. The van der Waals surface area contributed by atoms with Gasteiger partial charge < -0.3 is 0 Å². The minimum Gasteiger partial charge on any atom is -0.192 e. The summed E-state index contributed by atoms with van der Waals surface area (Å²) in [6.07, 6.45) is 7.35. The second kappa shape index (κ2) is 5.94. The summed E-state index contributed by atoms with van der Waals surface area (Å²) in [5.41, 5.74) is 8.15. The first-order valence-electron chi connectivity index (χ1n) is 11.2. The largest absolute Gasteiger partial charge is 0.213 e. The normalized spacial score (nSPS) is 29.6. The summed E-state index contributed by atoms with van der Waals surface area (Å²) in [6, 6.07) is 11.7. The van der Waals surface area contributed by atoms with Crippen LogP contribution in [0.3, 0.4) is 0 Å². The monoisotopic (exact) mass is 376 g/mol. The van der Waals surface area contributed by atoms with Gasteiger partial charge in [0.15, 0.2) is 11.7 Å². The van der Waals surface area contributed by atoms with E-state index in [1.54, 1.807) is 11.1 Å². The van der Waals surface area contributed by atoms with E-state index in [1.165, 1.54) is 29.7 Å². The van der Waals surface area contributed by atoms with Crippen molar-refractivity contribution in [3.8, 4) is 11.3 Å². The van der Waals surface area contributed by atoms with Gasteiger partial charge in [-0.3, -0.25) is 0 Å². The molecule has 1 nitrogen and oxygen atoms in total. The van der Waals surface area contributed by atoms with Gasteiger partial charge in [-0.1, -0.05) is 59.7 Å². The zero-order valence-corrected chi connectivity index (χ0v) is 19.2. The number of pyridine rings is 1. The van der Waals surface area contributed by atoms with Crippen LogP contribution in [0.1, 0.15) is 97.8 Å². The Kier molecular flexibility index (Phi) is 4.17. The summed E-state index contributed by atoms with van der Waals surface area (Å²) < 4.78 is 2.67. The minimum absolute atomic E-state index is 0.0676. The molecule has 1 aromatic heterocycles. The first-order valence-corrected chi connectivity index (χ1v) is 11.2. The average molecular weight is 377 g/mol. The molecule has 1 aromatic carbocycles. The molecule has 150 valence electrons. The molecule has 0 fully saturated rings. The molecule has 2 aliphatic rings. The zero-order chi connectivity index (χ0) is 20.5. The summed E-state index contributed by atoms with van der Waals surface area (Å²) >= 11 is 0. The van der Waals surface area contributed by atoms with Crippen LogP contribution in [-0.4, -0.2) is 0 Å². The van der Waals surface area contributed by atoms with E-state index in [-0.39, 0.29) is 21.8 Å². The van der Waals surface area contributed by atoms with E-state index >= 15 is 0 Å². The number of aromatic nitrogens is 1. The number of benzene rings is 1. The van der Waals surface area contributed by atoms with Crippen molar-refractivity contribution in [2.75, 3.05) is 0 Å². The molecule has 1 aliphatic carbocycles. The van der Waals surface area contributed by atoms with Gasteiger partial charge in [-0.05, 0) is 54.2 Å². The van der Waals surface area contributed by atoms with Gasteiger partial charge in [0.1, 0.15) is 0 Å². The van der Waals surface area contributed by atoms with Gasteiger partial charge >= 0.3 is 0 Å². The molecular weight excluding hydrogens is 338 g/mol. The van der Waals surface area contributed by atoms with Gasteiger partial charge in [0.25, 0.3) is 0 Å². The van der Waals surface area contributed by atoms with E-state index in [4.69, 9.17) is 0 Å². The predicted octanol–water partition coefficient (Wildman–Crippen LogP) is 6.80. The highest BCUT2D eigenvalue weighted by Gasteiger charge is 2.57. The van der Waals surface area contributed by atoms with Crippen molar-refractivity contribution in [3.63, 3.8) is 0 Å². The van der Waals surface area contributed by atoms with E-state index in [0.29, 0.717) is 0 Å². The summed E-state index contributed by atoms with van der Waals surface area (Å²) in [7, 11) is 0. The van der Waals surface area contributed by atoms with Crippen molar-refractivity contribution in [3.05, 3.63) is 53.2 Å². The van der Waals surface area contributed by atoms with Crippen LogP contribution in [0.25, 0.3) is 11.3 Å². The van der Waals surface area contributed by atoms with E-state index in [9.17, 15) is 0 Å². The molecule has 1 aliphatic heterocycles. The van der Waals surface area contributed by atoms with Crippen molar-refractivity contribution < 1.29 is 4.57 Å². The fraction of sp³-hybridized carbons (Fsp3) is 0.593. The predicted molar refractivity (Wildman–Crippen MR) is 119 cm³/mol. The fourth-order valence-electron chi connectivity index (χ4n) is 6.04. The Balaban J connectivity index is 2.13. The number of nitrogens with zero attached hydrogens (tertiary/aromatic N) is 1. The third-order valence-corrected chi connectivity index (χ3v) is 8.84. The van der Waals surface area contributed by atoms with Gasteiger partial charge in [-0.2, -0.15) is 4.57 Å². The quantitative estimate of drug-likeness (QED) is 0.508. The van der Waals surface area contributed by atoms with E-state index in [2.05, 4.69) is 96.5 Å². The van der Waals surface area contributed by atoms with Gasteiger partial charge in [-0.25, -0.2) is 0 Å². The smallest absolute Gasteiger partial charge is 0.192 e.